The molecule has 1 aromatic carbocycles. The molecule has 9 heteroatoms. The lowest BCUT2D eigenvalue weighted by Gasteiger charge is -2.16. The number of carboxylic acid groups (broad SMARTS) is 1. The quantitative estimate of drug-likeness (QED) is 0.517. The Morgan fingerprint density at radius 3 is 2.48 bits per heavy atom. The molecular weight excluding hydrogens is 324 g/mol. The number of benzene rings is 1. The minimum absolute atomic E-state index is 0.00834. The lowest BCUT2D eigenvalue weighted by molar-refractivity contribution is -0.385. The van der Waals surface area contributed by atoms with Gasteiger partial charge < -0.3 is 5.11 Å². The second kappa shape index (κ2) is 8.02. The summed E-state index contributed by atoms with van der Waals surface area (Å²) in [6.07, 6.45) is 0.0978. The molecule has 0 fully saturated rings. The Hall–Kier alpha value is -2.00. The Labute approximate surface area is 134 Å². The maximum Gasteiger partial charge on any atom is 0.321 e. The van der Waals surface area contributed by atoms with Gasteiger partial charge >= 0.3 is 5.97 Å². The zero-order chi connectivity index (χ0) is 17.6. The highest BCUT2D eigenvalue weighted by molar-refractivity contribution is 7.89. The van der Waals surface area contributed by atoms with E-state index in [2.05, 4.69) is 4.72 Å². The van der Waals surface area contributed by atoms with Crippen molar-refractivity contribution in [1.82, 2.24) is 4.72 Å². The number of rotatable bonds is 9. The summed E-state index contributed by atoms with van der Waals surface area (Å²) in [5.74, 6) is -1.65. The minimum Gasteiger partial charge on any atom is -0.480 e. The average Bonchev–Trinajstić information content (AvgIpc) is 2.44. The number of aryl methyl sites for hydroxylation is 1. The van der Waals surface area contributed by atoms with Crippen LogP contribution in [0.1, 0.15) is 25.8 Å². The third-order valence-electron chi connectivity index (χ3n) is 3.16. The zero-order valence-corrected chi connectivity index (χ0v) is 13.7. The molecule has 1 rings (SSSR count). The smallest absolute Gasteiger partial charge is 0.321 e. The van der Waals surface area contributed by atoms with Crippen molar-refractivity contribution in [2.45, 2.75) is 32.7 Å². The van der Waals surface area contributed by atoms with Gasteiger partial charge in [0, 0.05) is 11.6 Å². The van der Waals surface area contributed by atoms with E-state index in [4.69, 9.17) is 5.11 Å². The highest BCUT2D eigenvalue weighted by atomic mass is 32.2. The number of hydrogen-bond donors (Lipinski definition) is 2. The van der Waals surface area contributed by atoms with Gasteiger partial charge in [-0.2, -0.15) is 0 Å². The Bertz CT molecular complexity index is 672. The van der Waals surface area contributed by atoms with Crippen LogP contribution in [0.5, 0.6) is 0 Å². The molecule has 0 amide bonds. The van der Waals surface area contributed by atoms with Crippen LogP contribution >= 0.6 is 0 Å². The van der Waals surface area contributed by atoms with Crippen LogP contribution in [0.2, 0.25) is 0 Å². The fourth-order valence-electron chi connectivity index (χ4n) is 2.09. The number of carboxylic acids is 1. The molecule has 0 saturated carbocycles. The van der Waals surface area contributed by atoms with E-state index >= 15 is 0 Å². The van der Waals surface area contributed by atoms with Crippen molar-refractivity contribution in [1.29, 1.82) is 0 Å². The van der Waals surface area contributed by atoms with Crippen LogP contribution < -0.4 is 4.72 Å². The summed E-state index contributed by atoms with van der Waals surface area (Å²) < 4.78 is 26.2. The van der Waals surface area contributed by atoms with Gasteiger partial charge in [0.25, 0.3) is 5.69 Å². The molecule has 0 aliphatic carbocycles. The number of carbonyl (C=O) groups is 1. The van der Waals surface area contributed by atoms with Crippen LogP contribution in [0.15, 0.2) is 24.3 Å². The molecule has 0 aliphatic rings. The van der Waals surface area contributed by atoms with Gasteiger partial charge in [0.1, 0.15) is 6.04 Å². The molecular formula is C14H20N2O6S. The molecule has 0 spiro atoms. The van der Waals surface area contributed by atoms with Gasteiger partial charge in [0.2, 0.25) is 10.0 Å². The lowest BCUT2D eigenvalue weighted by Crippen LogP contribution is -2.42. The summed E-state index contributed by atoms with van der Waals surface area (Å²) >= 11 is 0. The van der Waals surface area contributed by atoms with Crippen LogP contribution in [0, 0.1) is 16.0 Å². The maximum atomic E-state index is 12.0. The standard InChI is InChI=1S/C14H20N2O6S/c1-10(2)9-12(14(17)18)15-23(21,22)8-7-11-5-3-4-6-13(11)16(19)20/h3-6,10,12,15H,7-9H2,1-2H3,(H,17,18)/t12-/m0/s1. The normalized spacial score (nSPS) is 13.0. The monoisotopic (exact) mass is 344 g/mol. The molecule has 0 heterocycles. The third kappa shape index (κ3) is 6.33. The van der Waals surface area contributed by atoms with Crippen molar-refractivity contribution in [3.63, 3.8) is 0 Å². The predicted molar refractivity (Wildman–Crippen MR) is 84.6 cm³/mol. The van der Waals surface area contributed by atoms with Crippen molar-refractivity contribution in [3.8, 4) is 0 Å². The molecule has 0 aliphatic heterocycles. The first-order valence-electron chi connectivity index (χ1n) is 7.07. The highest BCUT2D eigenvalue weighted by Crippen LogP contribution is 2.18. The fraction of sp³-hybridized carbons (Fsp3) is 0.500. The van der Waals surface area contributed by atoms with Crippen molar-refractivity contribution in [2.24, 2.45) is 5.92 Å². The second-order valence-corrected chi connectivity index (χ2v) is 7.47. The Balaban J connectivity index is 2.79. The molecule has 1 aromatic rings. The Kier molecular flexibility index (Phi) is 6.64. The minimum atomic E-state index is -3.87. The SMILES string of the molecule is CC(C)C[C@H](NS(=O)(=O)CCc1ccccc1[N+](=O)[O-])C(=O)O. The van der Waals surface area contributed by atoms with Gasteiger partial charge in [-0.3, -0.25) is 14.9 Å². The number of sulfonamides is 1. The van der Waals surface area contributed by atoms with Crippen molar-refractivity contribution < 1.29 is 23.2 Å². The summed E-state index contributed by atoms with van der Waals surface area (Å²) in [5.41, 5.74) is 0.137. The van der Waals surface area contributed by atoms with Crippen LogP contribution in [-0.4, -0.2) is 36.2 Å². The first kappa shape index (κ1) is 19.0. The molecule has 0 radical (unpaired) electrons. The third-order valence-corrected chi connectivity index (χ3v) is 4.54. The number of para-hydroxylation sites is 1. The summed E-state index contributed by atoms with van der Waals surface area (Å²) in [6, 6.07) is 4.66. The van der Waals surface area contributed by atoms with Gasteiger partial charge in [0.15, 0.2) is 0 Å². The summed E-state index contributed by atoms with van der Waals surface area (Å²) in [4.78, 5) is 21.4. The van der Waals surface area contributed by atoms with Gasteiger partial charge in [-0.25, -0.2) is 13.1 Å². The van der Waals surface area contributed by atoms with Gasteiger partial charge in [-0.1, -0.05) is 32.0 Å². The predicted octanol–water partition coefficient (Wildman–Crippen LogP) is 1.56. The van der Waals surface area contributed by atoms with E-state index < -0.39 is 32.7 Å². The average molecular weight is 344 g/mol. The molecule has 128 valence electrons. The van der Waals surface area contributed by atoms with Gasteiger partial charge in [-0.05, 0) is 18.8 Å². The first-order valence-corrected chi connectivity index (χ1v) is 8.72. The van der Waals surface area contributed by atoms with E-state index in [1.54, 1.807) is 19.9 Å². The van der Waals surface area contributed by atoms with Gasteiger partial charge in [0.05, 0.1) is 10.7 Å². The zero-order valence-electron chi connectivity index (χ0n) is 12.9. The van der Waals surface area contributed by atoms with Crippen LogP contribution in [0.4, 0.5) is 5.69 Å². The topological polar surface area (TPSA) is 127 Å². The van der Waals surface area contributed by atoms with Crippen molar-refractivity contribution >= 4 is 21.7 Å². The van der Waals surface area contributed by atoms with Crippen LogP contribution in [0.25, 0.3) is 0 Å². The molecule has 0 bridgehead atoms. The number of nitrogens with one attached hydrogen (secondary N) is 1. The largest absolute Gasteiger partial charge is 0.480 e. The second-order valence-electron chi connectivity index (χ2n) is 5.59. The van der Waals surface area contributed by atoms with Gasteiger partial charge in [-0.15, -0.1) is 0 Å². The van der Waals surface area contributed by atoms with Crippen molar-refractivity contribution in [2.75, 3.05) is 5.75 Å². The highest BCUT2D eigenvalue weighted by Gasteiger charge is 2.25. The van der Waals surface area contributed by atoms with E-state index in [1.807, 2.05) is 0 Å². The van der Waals surface area contributed by atoms with E-state index in [1.165, 1.54) is 18.2 Å². The van der Waals surface area contributed by atoms with Crippen molar-refractivity contribution in [3.05, 3.63) is 39.9 Å². The Morgan fingerprint density at radius 2 is 1.96 bits per heavy atom. The molecule has 8 nitrogen and oxygen atoms in total. The lowest BCUT2D eigenvalue weighted by atomic mass is 10.1. The number of aliphatic carboxylic acids is 1. The van der Waals surface area contributed by atoms with E-state index in [0.717, 1.165) is 0 Å². The summed E-state index contributed by atoms with van der Waals surface area (Å²) in [7, 11) is -3.87. The Morgan fingerprint density at radius 1 is 1.35 bits per heavy atom. The van der Waals surface area contributed by atoms with E-state index in [9.17, 15) is 23.3 Å². The summed E-state index contributed by atoms with van der Waals surface area (Å²) in [5, 5.41) is 20.0. The molecule has 23 heavy (non-hydrogen) atoms. The molecule has 2 N–H and O–H groups in total. The van der Waals surface area contributed by atoms with Crippen LogP contribution in [0.3, 0.4) is 0 Å². The van der Waals surface area contributed by atoms with Crippen LogP contribution in [-0.2, 0) is 21.2 Å². The number of nitro benzene ring substituents is 1. The van der Waals surface area contributed by atoms with E-state index in [0.29, 0.717) is 5.56 Å². The molecule has 0 unspecified atom stereocenters. The molecule has 1 atom stereocenters. The number of hydrogen-bond acceptors (Lipinski definition) is 5. The van der Waals surface area contributed by atoms with E-state index in [-0.39, 0.29) is 24.4 Å². The molecule has 0 aromatic heterocycles. The maximum absolute atomic E-state index is 12.0. The number of nitro groups is 1. The first-order chi connectivity index (χ1) is 10.6. The molecule has 0 saturated heterocycles. The summed E-state index contributed by atoms with van der Waals surface area (Å²) in [6.45, 7) is 3.58. The fourth-order valence-corrected chi connectivity index (χ4v) is 3.33. The number of nitrogens with zero attached hydrogens (tertiary/aromatic N) is 1.